The Balaban J connectivity index is 1.55. The summed E-state index contributed by atoms with van der Waals surface area (Å²) in [5.41, 5.74) is 3.94. The molecule has 4 rings (SSSR count). The van der Waals surface area contributed by atoms with E-state index >= 15 is 0 Å². The largest absolute Gasteiger partial charge is 0.381 e. The molecule has 2 aromatic heterocycles. The second kappa shape index (κ2) is 7.37. The Labute approximate surface area is 154 Å². The van der Waals surface area contributed by atoms with Gasteiger partial charge in [0, 0.05) is 29.9 Å². The first-order chi connectivity index (χ1) is 13.2. The Bertz CT molecular complexity index is 1080. The molecule has 0 aliphatic heterocycles. The third-order valence-electron chi connectivity index (χ3n) is 4.12. The highest BCUT2D eigenvalue weighted by Gasteiger charge is 2.05. The van der Waals surface area contributed by atoms with Crippen molar-refractivity contribution in [3.8, 4) is 0 Å². The van der Waals surface area contributed by atoms with Crippen LogP contribution in [-0.4, -0.2) is 15.2 Å². The number of halogens is 2. The van der Waals surface area contributed by atoms with E-state index in [4.69, 9.17) is 0 Å². The van der Waals surface area contributed by atoms with Crippen molar-refractivity contribution < 1.29 is 8.78 Å². The Hall–Kier alpha value is -3.54. The first-order valence-corrected chi connectivity index (χ1v) is 8.43. The maximum Gasteiger partial charge on any atom is 0.128 e. The first-order valence-electron chi connectivity index (χ1n) is 8.43. The number of hydrogen-bond donors (Lipinski definition) is 2. The van der Waals surface area contributed by atoms with Crippen LogP contribution in [0.2, 0.25) is 0 Å². The predicted molar refractivity (Wildman–Crippen MR) is 103 cm³/mol. The van der Waals surface area contributed by atoms with Gasteiger partial charge in [0.15, 0.2) is 0 Å². The highest BCUT2D eigenvalue weighted by Crippen LogP contribution is 2.21. The summed E-state index contributed by atoms with van der Waals surface area (Å²) in [7, 11) is 0. The summed E-state index contributed by atoms with van der Waals surface area (Å²) in [5.74, 6) is -1.21. The van der Waals surface area contributed by atoms with Gasteiger partial charge in [-0.3, -0.25) is 10.1 Å². The molecule has 6 heteroatoms. The van der Waals surface area contributed by atoms with Crippen molar-refractivity contribution in [3.05, 3.63) is 89.4 Å². The van der Waals surface area contributed by atoms with Gasteiger partial charge in [0.05, 0.1) is 16.9 Å². The lowest BCUT2D eigenvalue weighted by Gasteiger charge is -2.07. The molecule has 0 amide bonds. The molecule has 134 valence electrons. The van der Waals surface area contributed by atoms with Crippen molar-refractivity contribution in [2.24, 2.45) is 0 Å². The molecule has 2 aromatic carbocycles. The van der Waals surface area contributed by atoms with Gasteiger partial charge in [-0.05, 0) is 54.1 Å². The minimum absolute atomic E-state index is 0.398. The zero-order valence-electron chi connectivity index (χ0n) is 14.3. The molecule has 0 radical (unpaired) electrons. The molecule has 0 saturated heterocycles. The van der Waals surface area contributed by atoms with E-state index in [1.54, 1.807) is 6.20 Å². The Morgan fingerprint density at radius 2 is 1.81 bits per heavy atom. The quantitative estimate of drug-likeness (QED) is 0.524. The summed E-state index contributed by atoms with van der Waals surface area (Å²) in [6.45, 7) is 0.438. The lowest BCUT2D eigenvalue weighted by atomic mass is 10.1. The topological polar surface area (TPSA) is 53.6 Å². The number of aromatic nitrogens is 3. The zero-order chi connectivity index (χ0) is 18.6. The summed E-state index contributed by atoms with van der Waals surface area (Å²) in [5, 5.41) is 11.3. The maximum atomic E-state index is 13.3. The van der Waals surface area contributed by atoms with Crippen molar-refractivity contribution in [1.29, 1.82) is 0 Å². The Kier molecular flexibility index (Phi) is 4.61. The maximum absolute atomic E-state index is 13.3. The molecule has 27 heavy (non-hydrogen) atoms. The van der Waals surface area contributed by atoms with Crippen LogP contribution < -0.4 is 5.32 Å². The number of anilines is 1. The molecule has 0 spiro atoms. The SMILES string of the molecule is Fc1cc(F)cc(NCc2ccc3n[nH]c(/C=C/c4ccccn4)c3c2)c1. The van der Waals surface area contributed by atoms with Crippen LogP contribution in [0.4, 0.5) is 14.5 Å². The second-order valence-corrected chi connectivity index (χ2v) is 6.09. The average molecular weight is 362 g/mol. The van der Waals surface area contributed by atoms with E-state index in [1.807, 2.05) is 48.6 Å². The number of rotatable bonds is 5. The van der Waals surface area contributed by atoms with E-state index in [2.05, 4.69) is 20.5 Å². The molecule has 4 aromatic rings. The molecule has 0 bridgehead atoms. The van der Waals surface area contributed by atoms with Gasteiger partial charge in [0.2, 0.25) is 0 Å². The monoisotopic (exact) mass is 362 g/mol. The van der Waals surface area contributed by atoms with Crippen molar-refractivity contribution in [3.63, 3.8) is 0 Å². The third kappa shape index (κ3) is 4.00. The molecule has 0 fully saturated rings. The molecule has 2 N–H and O–H groups in total. The van der Waals surface area contributed by atoms with Crippen LogP contribution in [0.3, 0.4) is 0 Å². The summed E-state index contributed by atoms with van der Waals surface area (Å²) in [4.78, 5) is 4.26. The van der Waals surface area contributed by atoms with Gasteiger partial charge < -0.3 is 5.32 Å². The standard InChI is InChI=1S/C21H16F2N4/c22-15-10-16(23)12-18(11-15)25-13-14-4-6-20-19(9-14)21(27-26-20)7-5-17-3-1-2-8-24-17/h1-12,25H,13H2,(H,26,27)/b7-5+. The second-order valence-electron chi connectivity index (χ2n) is 6.09. The predicted octanol–water partition coefficient (Wildman–Crippen LogP) is 5.02. The van der Waals surface area contributed by atoms with Crippen molar-refractivity contribution in [1.82, 2.24) is 15.2 Å². The van der Waals surface area contributed by atoms with E-state index in [0.717, 1.165) is 33.9 Å². The number of hydrogen-bond acceptors (Lipinski definition) is 3. The molecule has 4 nitrogen and oxygen atoms in total. The average Bonchev–Trinajstić information content (AvgIpc) is 3.07. The van der Waals surface area contributed by atoms with Gasteiger partial charge >= 0.3 is 0 Å². The summed E-state index contributed by atoms with van der Waals surface area (Å²) in [6, 6.07) is 14.9. The number of pyridine rings is 1. The van der Waals surface area contributed by atoms with Crippen molar-refractivity contribution >= 4 is 28.7 Å². The summed E-state index contributed by atoms with van der Waals surface area (Å²) in [6.07, 6.45) is 5.58. The fourth-order valence-electron chi connectivity index (χ4n) is 2.82. The van der Waals surface area contributed by atoms with Gasteiger partial charge in [-0.15, -0.1) is 0 Å². The molecule has 0 atom stereocenters. The first kappa shape index (κ1) is 16.9. The van der Waals surface area contributed by atoms with Crippen LogP contribution in [0.25, 0.3) is 23.1 Å². The Morgan fingerprint density at radius 1 is 0.963 bits per heavy atom. The number of nitrogens with one attached hydrogen (secondary N) is 2. The summed E-state index contributed by atoms with van der Waals surface area (Å²) >= 11 is 0. The fourth-order valence-corrected chi connectivity index (χ4v) is 2.82. The highest BCUT2D eigenvalue weighted by molar-refractivity contribution is 5.89. The molecular weight excluding hydrogens is 346 g/mol. The molecule has 0 saturated carbocycles. The molecule has 0 aliphatic carbocycles. The molecule has 2 heterocycles. The molecule has 0 aliphatic rings. The summed E-state index contributed by atoms with van der Waals surface area (Å²) < 4.78 is 26.6. The van der Waals surface area contributed by atoms with E-state index in [9.17, 15) is 8.78 Å². The highest BCUT2D eigenvalue weighted by atomic mass is 19.1. The van der Waals surface area contributed by atoms with Gasteiger partial charge in [0.25, 0.3) is 0 Å². The number of H-pyrrole nitrogens is 1. The van der Waals surface area contributed by atoms with Crippen LogP contribution in [-0.2, 0) is 6.54 Å². The number of fused-ring (bicyclic) bond motifs is 1. The minimum Gasteiger partial charge on any atom is -0.381 e. The van der Waals surface area contributed by atoms with Gasteiger partial charge in [-0.25, -0.2) is 8.78 Å². The van der Waals surface area contributed by atoms with E-state index < -0.39 is 11.6 Å². The van der Waals surface area contributed by atoms with Crippen LogP contribution in [0.15, 0.2) is 60.8 Å². The van der Waals surface area contributed by atoms with Crippen LogP contribution in [0, 0.1) is 11.6 Å². The molecule has 0 unspecified atom stereocenters. The Morgan fingerprint density at radius 3 is 2.59 bits per heavy atom. The minimum atomic E-state index is -0.607. The number of nitrogens with zero attached hydrogens (tertiary/aromatic N) is 2. The lowest BCUT2D eigenvalue weighted by molar-refractivity contribution is 0.584. The normalized spacial score (nSPS) is 11.3. The van der Waals surface area contributed by atoms with Gasteiger partial charge in [-0.2, -0.15) is 5.10 Å². The van der Waals surface area contributed by atoms with Gasteiger partial charge in [-0.1, -0.05) is 12.1 Å². The van der Waals surface area contributed by atoms with Crippen LogP contribution >= 0.6 is 0 Å². The third-order valence-corrected chi connectivity index (χ3v) is 4.12. The molecular formula is C21H16F2N4. The van der Waals surface area contributed by atoms with Crippen LogP contribution in [0.1, 0.15) is 17.0 Å². The van der Waals surface area contributed by atoms with Crippen LogP contribution in [0.5, 0.6) is 0 Å². The van der Waals surface area contributed by atoms with E-state index in [0.29, 0.717) is 12.2 Å². The zero-order valence-corrected chi connectivity index (χ0v) is 14.3. The van der Waals surface area contributed by atoms with Gasteiger partial charge in [0.1, 0.15) is 11.6 Å². The number of benzene rings is 2. The number of aromatic amines is 1. The van der Waals surface area contributed by atoms with Crippen molar-refractivity contribution in [2.45, 2.75) is 6.54 Å². The van der Waals surface area contributed by atoms with Crippen molar-refractivity contribution in [2.75, 3.05) is 5.32 Å². The van der Waals surface area contributed by atoms with E-state index in [-0.39, 0.29) is 0 Å². The fraction of sp³-hybridized carbons (Fsp3) is 0.0476. The smallest absolute Gasteiger partial charge is 0.128 e. The van der Waals surface area contributed by atoms with E-state index in [1.165, 1.54) is 12.1 Å². The lowest BCUT2D eigenvalue weighted by Crippen LogP contribution is -2.00.